The molecule has 10 heteroatoms. The van der Waals surface area contributed by atoms with Crippen molar-refractivity contribution in [2.45, 2.75) is 0 Å². The number of para-hydroxylation sites is 1. The molecule has 1 amide bonds. The van der Waals surface area contributed by atoms with Crippen molar-refractivity contribution in [1.29, 1.82) is 0 Å². The predicted octanol–water partition coefficient (Wildman–Crippen LogP) is 2.68. The molecule has 182 valence electrons. The number of carbonyl (C=O) groups excluding carboxylic acids is 1. The molecule has 2 aromatic carbocycles. The molecule has 2 aliphatic heterocycles. The maximum absolute atomic E-state index is 12.6. The molecule has 5 rings (SSSR count). The zero-order chi connectivity index (χ0) is 24.4. The quantitative estimate of drug-likeness (QED) is 0.496. The molecule has 3 N–H and O–H groups in total. The van der Waals surface area contributed by atoms with E-state index in [1.807, 2.05) is 48.3 Å². The fourth-order valence-corrected chi connectivity index (χ4v) is 4.54. The van der Waals surface area contributed by atoms with E-state index in [0.29, 0.717) is 29.6 Å². The van der Waals surface area contributed by atoms with Crippen molar-refractivity contribution in [2.24, 2.45) is 0 Å². The Hall–Kier alpha value is -3.89. The smallest absolute Gasteiger partial charge is 0.257 e. The number of hydrogen-bond donors (Lipinski definition) is 3. The van der Waals surface area contributed by atoms with E-state index < -0.39 is 0 Å². The van der Waals surface area contributed by atoms with E-state index >= 15 is 0 Å². The molecule has 0 bridgehead atoms. The number of rotatable bonds is 6. The lowest BCUT2D eigenvalue weighted by Gasteiger charge is -2.36. The maximum atomic E-state index is 12.6. The Morgan fingerprint density at radius 2 is 1.91 bits per heavy atom. The molecule has 3 heterocycles. The number of nitrogens with zero attached hydrogens (tertiary/aromatic N) is 5. The number of aliphatic hydroxyl groups is 1. The molecule has 10 nitrogen and oxygen atoms in total. The fourth-order valence-electron chi connectivity index (χ4n) is 4.54. The summed E-state index contributed by atoms with van der Waals surface area (Å²) in [6.07, 6.45) is 1.61. The average molecular weight is 476 g/mol. The van der Waals surface area contributed by atoms with Gasteiger partial charge in [-0.2, -0.15) is 4.98 Å². The van der Waals surface area contributed by atoms with Crippen molar-refractivity contribution in [1.82, 2.24) is 14.9 Å². The van der Waals surface area contributed by atoms with Crippen molar-refractivity contribution in [3.05, 3.63) is 54.2 Å². The molecule has 0 atom stereocenters. The van der Waals surface area contributed by atoms with Gasteiger partial charge in [0.2, 0.25) is 5.95 Å². The highest BCUT2D eigenvalue weighted by Crippen LogP contribution is 2.36. The summed E-state index contributed by atoms with van der Waals surface area (Å²) in [5.41, 5.74) is 3.74. The van der Waals surface area contributed by atoms with Gasteiger partial charge in [-0.15, -0.1) is 0 Å². The van der Waals surface area contributed by atoms with E-state index in [-0.39, 0.29) is 12.5 Å². The van der Waals surface area contributed by atoms with Crippen LogP contribution in [0.15, 0.2) is 48.7 Å². The average Bonchev–Trinajstić information content (AvgIpc) is 2.99. The number of aliphatic hydroxyl groups excluding tert-OH is 1. The maximum Gasteiger partial charge on any atom is 0.257 e. The van der Waals surface area contributed by atoms with Crippen LogP contribution in [0.2, 0.25) is 0 Å². The van der Waals surface area contributed by atoms with Gasteiger partial charge in [0.1, 0.15) is 11.4 Å². The highest BCUT2D eigenvalue weighted by Gasteiger charge is 2.25. The first-order valence-corrected chi connectivity index (χ1v) is 11.6. The summed E-state index contributed by atoms with van der Waals surface area (Å²) in [7, 11) is 3.55. The summed E-state index contributed by atoms with van der Waals surface area (Å²) >= 11 is 0. The molecule has 3 aromatic rings. The molecule has 1 saturated heterocycles. The molecule has 1 aromatic heterocycles. The number of carbonyl (C=O) groups is 1. The molecular formula is C25H29N7O3. The Labute approximate surface area is 204 Å². The van der Waals surface area contributed by atoms with Gasteiger partial charge in [0.25, 0.3) is 5.91 Å². The van der Waals surface area contributed by atoms with Crippen LogP contribution in [-0.2, 0) is 0 Å². The van der Waals surface area contributed by atoms with Crippen molar-refractivity contribution < 1.29 is 14.6 Å². The first kappa shape index (κ1) is 22.9. The lowest BCUT2D eigenvalue weighted by atomic mass is 10.1. The van der Waals surface area contributed by atoms with Crippen LogP contribution in [0.4, 0.5) is 34.5 Å². The van der Waals surface area contributed by atoms with Gasteiger partial charge < -0.3 is 30.3 Å². The summed E-state index contributed by atoms with van der Waals surface area (Å²) in [5, 5.41) is 15.3. The minimum atomic E-state index is -0.187. The number of anilines is 6. The molecule has 0 aliphatic carbocycles. The number of fused-ring (bicyclic) bond motifs is 2. The lowest BCUT2D eigenvalue weighted by molar-refractivity contribution is 0.102. The standard InChI is InChI=1S/C25H29N7O3/c1-30-20-6-4-3-5-18(20)24(34)28-19-16-26-25(29-23(19)30)27-17-7-8-21(22(15-17)35-2)32-11-9-31(10-12-32)13-14-33/h3-8,15-16,33H,9-14H2,1-2H3,(H,28,34)(H,26,27,29). The normalized spacial score (nSPS) is 15.7. The second-order valence-corrected chi connectivity index (χ2v) is 8.53. The van der Waals surface area contributed by atoms with Gasteiger partial charge in [0.05, 0.1) is 36.9 Å². The number of amides is 1. The predicted molar refractivity (Wildman–Crippen MR) is 137 cm³/mol. The van der Waals surface area contributed by atoms with E-state index in [1.54, 1.807) is 19.4 Å². The van der Waals surface area contributed by atoms with Crippen LogP contribution in [0.5, 0.6) is 5.75 Å². The topological polar surface area (TPSA) is 106 Å². The highest BCUT2D eigenvalue weighted by atomic mass is 16.5. The minimum Gasteiger partial charge on any atom is -0.495 e. The molecular weight excluding hydrogens is 446 g/mol. The van der Waals surface area contributed by atoms with Gasteiger partial charge >= 0.3 is 0 Å². The molecule has 35 heavy (non-hydrogen) atoms. The second-order valence-electron chi connectivity index (χ2n) is 8.53. The van der Waals surface area contributed by atoms with Gasteiger partial charge in [-0.1, -0.05) is 12.1 Å². The summed E-state index contributed by atoms with van der Waals surface area (Å²) < 4.78 is 5.69. The monoisotopic (exact) mass is 475 g/mol. The first-order valence-electron chi connectivity index (χ1n) is 11.6. The number of β-amino-alcohol motifs (C(OH)–C–C–N with tert-alkyl or cyclic N) is 1. The summed E-state index contributed by atoms with van der Waals surface area (Å²) in [6, 6.07) is 13.4. The Bertz CT molecular complexity index is 1230. The van der Waals surface area contributed by atoms with E-state index in [2.05, 4.69) is 30.4 Å². The van der Waals surface area contributed by atoms with E-state index in [1.165, 1.54) is 0 Å². The van der Waals surface area contributed by atoms with Crippen molar-refractivity contribution in [3.8, 4) is 5.75 Å². The molecule has 1 fully saturated rings. The lowest BCUT2D eigenvalue weighted by Crippen LogP contribution is -2.47. The summed E-state index contributed by atoms with van der Waals surface area (Å²) in [5.74, 6) is 1.59. The number of hydrogen-bond acceptors (Lipinski definition) is 9. The second kappa shape index (κ2) is 9.77. The van der Waals surface area contributed by atoms with Crippen LogP contribution < -0.4 is 25.2 Å². The van der Waals surface area contributed by atoms with E-state index in [9.17, 15) is 9.90 Å². The Morgan fingerprint density at radius 1 is 1.11 bits per heavy atom. The van der Waals surface area contributed by atoms with Crippen LogP contribution in [-0.4, -0.2) is 79.4 Å². The molecule has 0 radical (unpaired) electrons. The van der Waals surface area contributed by atoms with Gasteiger partial charge in [-0.05, 0) is 24.3 Å². The number of ether oxygens (including phenoxy) is 1. The molecule has 0 saturated carbocycles. The largest absolute Gasteiger partial charge is 0.495 e. The van der Waals surface area contributed by atoms with E-state index in [4.69, 9.17) is 4.74 Å². The van der Waals surface area contributed by atoms with Crippen LogP contribution in [0.1, 0.15) is 10.4 Å². The van der Waals surface area contributed by atoms with Crippen molar-refractivity contribution in [3.63, 3.8) is 0 Å². The third kappa shape index (κ3) is 4.58. The van der Waals surface area contributed by atoms with Gasteiger partial charge in [0.15, 0.2) is 5.82 Å². The number of methoxy groups -OCH3 is 1. The number of aromatic nitrogens is 2. The highest BCUT2D eigenvalue weighted by molar-refractivity contribution is 6.11. The number of piperazine rings is 1. The Morgan fingerprint density at radius 3 is 2.69 bits per heavy atom. The molecule has 0 unspecified atom stereocenters. The van der Waals surface area contributed by atoms with Crippen LogP contribution in [0, 0.1) is 0 Å². The van der Waals surface area contributed by atoms with Crippen molar-refractivity contribution in [2.75, 3.05) is 73.9 Å². The number of benzene rings is 2. The SMILES string of the molecule is COc1cc(Nc2ncc3c(n2)N(C)c2ccccc2C(=O)N3)ccc1N1CCN(CCO)CC1. The minimum absolute atomic E-state index is 0.184. The zero-order valence-corrected chi connectivity index (χ0v) is 19.9. The van der Waals surface area contributed by atoms with E-state index in [0.717, 1.165) is 49.0 Å². The van der Waals surface area contributed by atoms with Crippen LogP contribution >= 0.6 is 0 Å². The first-order chi connectivity index (χ1) is 17.1. The van der Waals surface area contributed by atoms with Crippen LogP contribution in [0.3, 0.4) is 0 Å². The number of nitrogens with one attached hydrogen (secondary N) is 2. The van der Waals surface area contributed by atoms with Gasteiger partial charge in [-0.3, -0.25) is 9.69 Å². The van der Waals surface area contributed by atoms with Crippen LogP contribution in [0.25, 0.3) is 0 Å². The fraction of sp³-hybridized carbons (Fsp3) is 0.320. The van der Waals surface area contributed by atoms with Gasteiger partial charge in [-0.25, -0.2) is 4.98 Å². The van der Waals surface area contributed by atoms with Crippen molar-refractivity contribution >= 4 is 40.4 Å². The Balaban J connectivity index is 1.36. The zero-order valence-electron chi connectivity index (χ0n) is 19.9. The third-order valence-corrected chi connectivity index (χ3v) is 6.41. The third-order valence-electron chi connectivity index (χ3n) is 6.41. The summed E-state index contributed by atoms with van der Waals surface area (Å²) in [6.45, 7) is 4.44. The molecule has 0 spiro atoms. The molecule has 2 aliphatic rings. The Kier molecular flexibility index (Phi) is 6.39. The van der Waals surface area contributed by atoms with Gasteiger partial charge in [0, 0.05) is 51.5 Å². The summed E-state index contributed by atoms with van der Waals surface area (Å²) in [4.78, 5) is 28.2.